The summed E-state index contributed by atoms with van der Waals surface area (Å²) < 4.78 is 0. The Kier molecular flexibility index (Phi) is 5.03. The van der Waals surface area contributed by atoms with Gasteiger partial charge in [0.05, 0.1) is 11.3 Å². The smallest absolute Gasteiger partial charge is 0.257 e. The molecule has 5 nitrogen and oxygen atoms in total. The fraction of sp³-hybridized carbons (Fsp3) is 0.118. The van der Waals surface area contributed by atoms with Gasteiger partial charge in [0.25, 0.3) is 5.91 Å². The lowest BCUT2D eigenvalue weighted by atomic mass is 10.1. The van der Waals surface area contributed by atoms with E-state index in [0.29, 0.717) is 23.4 Å². The first kappa shape index (κ1) is 15.4. The Morgan fingerprint density at radius 2 is 1.86 bits per heavy atom. The van der Waals surface area contributed by atoms with Crippen LogP contribution >= 0.6 is 0 Å². The number of benzene rings is 1. The number of amides is 1. The molecule has 2 rings (SSSR count). The van der Waals surface area contributed by atoms with Crippen LogP contribution in [0.15, 0.2) is 55.4 Å². The molecule has 22 heavy (non-hydrogen) atoms. The molecule has 0 unspecified atom stereocenters. The van der Waals surface area contributed by atoms with Crippen molar-refractivity contribution in [3.05, 3.63) is 66.5 Å². The van der Waals surface area contributed by atoms with Crippen molar-refractivity contribution in [1.29, 1.82) is 0 Å². The minimum atomic E-state index is -0.259. The lowest BCUT2D eigenvalue weighted by Crippen LogP contribution is -2.13. The van der Waals surface area contributed by atoms with E-state index in [2.05, 4.69) is 22.2 Å². The van der Waals surface area contributed by atoms with Crippen molar-refractivity contribution in [3.63, 3.8) is 0 Å². The maximum Gasteiger partial charge on any atom is 0.257 e. The fourth-order valence-electron chi connectivity index (χ4n) is 1.84. The van der Waals surface area contributed by atoms with Crippen LogP contribution in [0, 0.1) is 0 Å². The number of aromatic nitrogens is 1. The van der Waals surface area contributed by atoms with Gasteiger partial charge in [-0.05, 0) is 37.3 Å². The third kappa shape index (κ3) is 4.02. The predicted octanol–water partition coefficient (Wildman–Crippen LogP) is 3.13. The molecular weight excluding hydrogens is 278 g/mol. The monoisotopic (exact) mass is 295 g/mol. The minimum absolute atomic E-state index is 0.0110. The second-order valence-corrected chi connectivity index (χ2v) is 4.72. The Morgan fingerprint density at radius 3 is 2.50 bits per heavy atom. The molecule has 1 heterocycles. The van der Waals surface area contributed by atoms with Crippen molar-refractivity contribution in [3.8, 4) is 0 Å². The molecule has 0 saturated heterocycles. The van der Waals surface area contributed by atoms with Crippen LogP contribution in [-0.4, -0.2) is 23.2 Å². The van der Waals surface area contributed by atoms with Crippen LogP contribution in [0.2, 0.25) is 0 Å². The molecular formula is C17H17N3O2. The van der Waals surface area contributed by atoms with Gasteiger partial charge in [0.2, 0.25) is 0 Å². The molecule has 2 N–H and O–H groups in total. The van der Waals surface area contributed by atoms with Crippen LogP contribution in [0.25, 0.3) is 0 Å². The molecule has 0 aliphatic heterocycles. The summed E-state index contributed by atoms with van der Waals surface area (Å²) in [6.45, 7) is 5.72. The third-order valence-electron chi connectivity index (χ3n) is 3.00. The van der Waals surface area contributed by atoms with Gasteiger partial charge in [-0.2, -0.15) is 0 Å². The molecule has 0 aliphatic carbocycles. The van der Waals surface area contributed by atoms with Gasteiger partial charge in [-0.3, -0.25) is 14.6 Å². The molecule has 0 fully saturated rings. The van der Waals surface area contributed by atoms with Crippen molar-refractivity contribution in [1.82, 2.24) is 4.98 Å². The zero-order valence-corrected chi connectivity index (χ0v) is 12.3. The molecule has 0 bridgehead atoms. The third-order valence-corrected chi connectivity index (χ3v) is 3.00. The largest absolute Gasteiger partial charge is 0.380 e. The van der Waals surface area contributed by atoms with Gasteiger partial charge in [0.15, 0.2) is 5.78 Å². The predicted molar refractivity (Wildman–Crippen MR) is 87.3 cm³/mol. The van der Waals surface area contributed by atoms with Gasteiger partial charge in [-0.1, -0.05) is 6.08 Å². The van der Waals surface area contributed by atoms with Gasteiger partial charge >= 0.3 is 0 Å². The normalized spacial score (nSPS) is 9.86. The number of nitrogens with one attached hydrogen (secondary N) is 2. The number of anilines is 2. The Balaban J connectivity index is 2.08. The van der Waals surface area contributed by atoms with Gasteiger partial charge in [-0.15, -0.1) is 6.58 Å². The van der Waals surface area contributed by atoms with Crippen LogP contribution in [0.4, 0.5) is 11.4 Å². The van der Waals surface area contributed by atoms with Crippen LogP contribution in [-0.2, 0) is 0 Å². The van der Waals surface area contributed by atoms with E-state index in [1.165, 1.54) is 13.1 Å². The summed E-state index contributed by atoms with van der Waals surface area (Å²) in [5, 5.41) is 5.84. The number of hydrogen-bond acceptors (Lipinski definition) is 4. The first-order valence-corrected chi connectivity index (χ1v) is 6.82. The number of ketones is 1. The SMILES string of the molecule is C=CCNc1cncc(C(=O)Nc2ccc(C(C)=O)cc2)c1. The zero-order valence-electron chi connectivity index (χ0n) is 12.3. The summed E-state index contributed by atoms with van der Waals surface area (Å²) >= 11 is 0. The van der Waals surface area contributed by atoms with Gasteiger partial charge in [-0.25, -0.2) is 0 Å². The average Bonchev–Trinajstić information content (AvgIpc) is 2.53. The highest BCUT2D eigenvalue weighted by Crippen LogP contribution is 2.13. The van der Waals surface area contributed by atoms with E-state index >= 15 is 0 Å². The van der Waals surface area contributed by atoms with Gasteiger partial charge in [0.1, 0.15) is 0 Å². The highest BCUT2D eigenvalue weighted by Gasteiger charge is 2.08. The second-order valence-electron chi connectivity index (χ2n) is 4.72. The molecule has 0 aliphatic rings. The summed E-state index contributed by atoms with van der Waals surface area (Å²) in [6.07, 6.45) is 4.86. The van der Waals surface area contributed by atoms with E-state index in [9.17, 15) is 9.59 Å². The van der Waals surface area contributed by atoms with Crippen molar-refractivity contribution in [2.24, 2.45) is 0 Å². The van der Waals surface area contributed by atoms with Crippen LogP contribution in [0.3, 0.4) is 0 Å². The van der Waals surface area contributed by atoms with E-state index in [0.717, 1.165) is 5.69 Å². The summed E-state index contributed by atoms with van der Waals surface area (Å²) in [5.74, 6) is -0.270. The molecule has 0 atom stereocenters. The first-order valence-electron chi connectivity index (χ1n) is 6.82. The van der Waals surface area contributed by atoms with Crippen LogP contribution in [0.1, 0.15) is 27.6 Å². The van der Waals surface area contributed by atoms with Gasteiger partial charge in [0, 0.05) is 30.2 Å². The number of carbonyl (C=O) groups is 2. The first-order chi connectivity index (χ1) is 10.6. The molecule has 2 aromatic rings. The van der Waals surface area contributed by atoms with Crippen LogP contribution in [0.5, 0.6) is 0 Å². The van der Waals surface area contributed by atoms with E-state index in [-0.39, 0.29) is 11.7 Å². The molecule has 1 amide bonds. The van der Waals surface area contributed by atoms with E-state index < -0.39 is 0 Å². The van der Waals surface area contributed by atoms with Crippen LogP contribution < -0.4 is 10.6 Å². The average molecular weight is 295 g/mol. The number of Topliss-reactive ketones (excluding diaryl/α,β-unsaturated/α-hetero) is 1. The van der Waals surface area contributed by atoms with E-state index in [1.54, 1.807) is 42.6 Å². The van der Waals surface area contributed by atoms with Gasteiger partial charge < -0.3 is 10.6 Å². The van der Waals surface area contributed by atoms with Crippen molar-refractivity contribution in [2.75, 3.05) is 17.2 Å². The number of carbonyl (C=O) groups excluding carboxylic acids is 2. The summed E-state index contributed by atoms with van der Waals surface area (Å²) in [4.78, 5) is 27.4. The number of nitrogens with zero attached hydrogens (tertiary/aromatic N) is 1. The van der Waals surface area contributed by atoms with Crippen molar-refractivity contribution in [2.45, 2.75) is 6.92 Å². The molecule has 5 heteroatoms. The Hall–Kier alpha value is -2.95. The highest BCUT2D eigenvalue weighted by molar-refractivity contribution is 6.04. The van der Waals surface area contributed by atoms with E-state index in [4.69, 9.17) is 0 Å². The molecule has 112 valence electrons. The lowest BCUT2D eigenvalue weighted by molar-refractivity contribution is 0.101. The topological polar surface area (TPSA) is 71.1 Å². The lowest BCUT2D eigenvalue weighted by Gasteiger charge is -2.08. The Labute approximate surface area is 129 Å². The summed E-state index contributed by atoms with van der Waals surface area (Å²) in [5.41, 5.74) is 2.43. The standard InChI is InChI=1S/C17H17N3O2/c1-3-8-19-16-9-14(10-18-11-16)17(22)20-15-6-4-13(5-7-15)12(2)21/h3-7,9-11,19H,1,8H2,2H3,(H,20,22). The Bertz CT molecular complexity index is 693. The molecule has 1 aromatic carbocycles. The number of pyridine rings is 1. The Morgan fingerprint density at radius 1 is 1.14 bits per heavy atom. The minimum Gasteiger partial charge on any atom is -0.380 e. The summed E-state index contributed by atoms with van der Waals surface area (Å²) in [6, 6.07) is 8.47. The molecule has 0 radical (unpaired) electrons. The zero-order chi connectivity index (χ0) is 15.9. The maximum atomic E-state index is 12.2. The quantitative estimate of drug-likeness (QED) is 0.634. The summed E-state index contributed by atoms with van der Waals surface area (Å²) in [7, 11) is 0. The fourth-order valence-corrected chi connectivity index (χ4v) is 1.84. The number of rotatable bonds is 6. The van der Waals surface area contributed by atoms with E-state index in [1.807, 2.05) is 0 Å². The molecule has 1 aromatic heterocycles. The van der Waals surface area contributed by atoms with Crippen molar-refractivity contribution >= 4 is 23.1 Å². The molecule has 0 saturated carbocycles. The number of hydrogen-bond donors (Lipinski definition) is 2. The maximum absolute atomic E-state index is 12.2. The second kappa shape index (κ2) is 7.17. The molecule has 0 spiro atoms. The highest BCUT2D eigenvalue weighted by atomic mass is 16.1. The van der Waals surface area contributed by atoms with Crippen molar-refractivity contribution < 1.29 is 9.59 Å².